The highest BCUT2D eigenvalue weighted by molar-refractivity contribution is 6.76. The molecular weight excluding hydrogens is 471 g/mol. The van der Waals surface area contributed by atoms with E-state index in [0.717, 1.165) is 0 Å². The Hall–Kier alpha value is -0.510. The fraction of sp³-hybridized carbons (Fsp3) is 0.947. The minimum absolute atomic E-state index is 0.0228. The lowest BCUT2D eigenvalue weighted by molar-refractivity contribution is -0.314. The van der Waals surface area contributed by atoms with Crippen LogP contribution in [0.3, 0.4) is 0 Å². The number of hydrogen-bond donors (Lipinski definition) is 1. The van der Waals surface area contributed by atoms with E-state index in [1.165, 1.54) is 0 Å². The number of hydrogen-bond acceptors (Lipinski definition) is 7. The Balaban J connectivity index is 2.24. The third-order valence-corrected chi connectivity index (χ3v) is 6.72. The van der Waals surface area contributed by atoms with Crippen LogP contribution in [0, 0.1) is 23.2 Å². The second kappa shape index (κ2) is 11.1. The van der Waals surface area contributed by atoms with E-state index in [2.05, 4.69) is 16.9 Å². The zero-order valence-electron chi connectivity index (χ0n) is 18.5. The van der Waals surface area contributed by atoms with Crippen LogP contribution in [-0.4, -0.2) is 59.8 Å². The Morgan fingerprint density at radius 2 is 1.71 bits per heavy atom. The van der Waals surface area contributed by atoms with Crippen LogP contribution in [0.4, 0.5) is 0 Å². The summed E-state index contributed by atoms with van der Waals surface area (Å²) in [4.78, 5) is 2.91. The third-order valence-electron chi connectivity index (χ3n) is 6.21. The van der Waals surface area contributed by atoms with E-state index in [0.29, 0.717) is 6.42 Å². The molecular formula is C19H31Cl3N4O5. The average Bonchev–Trinajstić information content (AvgIpc) is 2.70. The predicted molar refractivity (Wildman–Crippen MR) is 118 cm³/mol. The smallest absolute Gasteiger partial charge is 0.265 e. The van der Waals surface area contributed by atoms with Gasteiger partial charge in [-0.3, -0.25) is 5.41 Å². The molecule has 178 valence electrons. The lowest BCUT2D eigenvalue weighted by atomic mass is 9.85. The summed E-state index contributed by atoms with van der Waals surface area (Å²) in [6, 6.07) is -0.807. The number of rotatable bonds is 6. The first kappa shape index (κ1) is 26.7. The van der Waals surface area contributed by atoms with Crippen molar-refractivity contribution in [3.63, 3.8) is 0 Å². The molecule has 2 aliphatic heterocycles. The van der Waals surface area contributed by atoms with Gasteiger partial charge in [-0.1, -0.05) is 67.6 Å². The quantitative estimate of drug-likeness (QED) is 0.134. The summed E-state index contributed by atoms with van der Waals surface area (Å²) in [7, 11) is 1.69. The SMILES string of the molecule is CCC1O[C@@H](OC(=N)C(Cl)(Cl)Cl)C(N=[N+]=[N-])[C@@H](C)[C@@H]1O[C@@H]1OC(C)[C@@H](C)C(OC)[C@@H]1C. The van der Waals surface area contributed by atoms with Crippen LogP contribution in [0.15, 0.2) is 5.11 Å². The maximum atomic E-state index is 9.08. The molecule has 0 amide bonds. The molecule has 10 atom stereocenters. The topological polar surface area (TPSA) is 119 Å². The van der Waals surface area contributed by atoms with E-state index in [-0.39, 0.29) is 30.0 Å². The molecule has 2 aliphatic rings. The molecule has 0 aliphatic carbocycles. The molecule has 2 heterocycles. The number of nitrogens with zero attached hydrogens (tertiary/aromatic N) is 3. The summed E-state index contributed by atoms with van der Waals surface area (Å²) in [5.41, 5.74) is 9.08. The van der Waals surface area contributed by atoms with Crippen molar-refractivity contribution < 1.29 is 23.7 Å². The molecule has 4 unspecified atom stereocenters. The molecule has 31 heavy (non-hydrogen) atoms. The van der Waals surface area contributed by atoms with E-state index in [1.54, 1.807) is 7.11 Å². The highest BCUT2D eigenvalue weighted by atomic mass is 35.6. The van der Waals surface area contributed by atoms with Crippen molar-refractivity contribution in [1.82, 2.24) is 0 Å². The van der Waals surface area contributed by atoms with Gasteiger partial charge in [-0.05, 0) is 24.8 Å². The first-order valence-electron chi connectivity index (χ1n) is 10.3. The highest BCUT2D eigenvalue weighted by Gasteiger charge is 2.49. The summed E-state index contributed by atoms with van der Waals surface area (Å²) in [6.45, 7) is 9.91. The molecule has 0 spiro atoms. The fourth-order valence-corrected chi connectivity index (χ4v) is 4.38. The van der Waals surface area contributed by atoms with Crippen LogP contribution in [0.25, 0.3) is 10.4 Å². The molecule has 0 bridgehead atoms. The van der Waals surface area contributed by atoms with Gasteiger partial charge in [0.05, 0.1) is 24.4 Å². The Morgan fingerprint density at radius 3 is 2.23 bits per heavy atom. The Morgan fingerprint density at radius 1 is 1.06 bits per heavy atom. The molecule has 2 fully saturated rings. The summed E-state index contributed by atoms with van der Waals surface area (Å²) in [5, 5.41) is 11.7. The van der Waals surface area contributed by atoms with E-state index in [1.807, 2.05) is 27.7 Å². The minimum atomic E-state index is -2.06. The van der Waals surface area contributed by atoms with Crippen molar-refractivity contribution in [2.24, 2.45) is 22.9 Å². The van der Waals surface area contributed by atoms with Crippen molar-refractivity contribution in [3.05, 3.63) is 10.4 Å². The number of ether oxygens (including phenoxy) is 5. The molecule has 12 heteroatoms. The summed E-state index contributed by atoms with van der Waals surface area (Å²) in [6.07, 6.45) is -1.98. The van der Waals surface area contributed by atoms with E-state index in [4.69, 9.17) is 69.4 Å². The predicted octanol–water partition coefficient (Wildman–Crippen LogP) is 5.22. The minimum Gasteiger partial charge on any atom is -0.448 e. The lowest BCUT2D eigenvalue weighted by Gasteiger charge is -2.48. The van der Waals surface area contributed by atoms with Gasteiger partial charge < -0.3 is 23.7 Å². The van der Waals surface area contributed by atoms with Gasteiger partial charge in [0.15, 0.2) is 6.29 Å². The Labute approximate surface area is 198 Å². The van der Waals surface area contributed by atoms with Crippen LogP contribution in [-0.2, 0) is 23.7 Å². The largest absolute Gasteiger partial charge is 0.448 e. The monoisotopic (exact) mass is 500 g/mol. The molecule has 0 aromatic heterocycles. The number of alkyl halides is 3. The standard InChI is InChI=1S/C19H31Cl3N4O5/c1-7-12-15(30-16-10(4)14(27-6)8(2)11(5)28-16)9(3)13(25-26-24)17(29-12)31-18(23)19(20,21)22/h8-17,23H,7H2,1-6H3/t8-,9-,10+,11?,12?,13?,14?,15+,16+,17+/m1/s1. The lowest BCUT2D eigenvalue weighted by Crippen LogP contribution is -2.58. The summed E-state index contributed by atoms with van der Waals surface area (Å²) in [5.74, 6) is -0.750. The van der Waals surface area contributed by atoms with Gasteiger partial charge in [-0.25, -0.2) is 0 Å². The molecule has 2 saturated heterocycles. The maximum Gasteiger partial charge on any atom is 0.265 e. The molecule has 2 rings (SSSR count). The Kier molecular flexibility index (Phi) is 9.55. The highest BCUT2D eigenvalue weighted by Crippen LogP contribution is 2.39. The second-order valence-electron chi connectivity index (χ2n) is 8.18. The van der Waals surface area contributed by atoms with E-state index >= 15 is 0 Å². The van der Waals surface area contributed by atoms with Gasteiger partial charge in [0, 0.05) is 23.9 Å². The van der Waals surface area contributed by atoms with Gasteiger partial charge in [0.2, 0.25) is 12.2 Å². The molecule has 0 aromatic rings. The fourth-order valence-electron chi connectivity index (χ4n) is 4.25. The normalized spacial score (nSPS) is 41.3. The summed E-state index contributed by atoms with van der Waals surface area (Å²) < 4.78 is 27.6. The van der Waals surface area contributed by atoms with Gasteiger partial charge in [0.25, 0.3) is 3.79 Å². The van der Waals surface area contributed by atoms with Crippen molar-refractivity contribution in [2.75, 3.05) is 7.11 Å². The van der Waals surface area contributed by atoms with Crippen LogP contribution < -0.4 is 0 Å². The molecule has 0 saturated carbocycles. The Bertz CT molecular complexity index is 675. The van der Waals surface area contributed by atoms with Crippen molar-refractivity contribution in [2.45, 2.75) is 87.9 Å². The van der Waals surface area contributed by atoms with Crippen molar-refractivity contribution >= 4 is 40.7 Å². The second-order valence-corrected chi connectivity index (χ2v) is 10.5. The third kappa shape index (κ3) is 6.09. The van der Waals surface area contributed by atoms with Crippen molar-refractivity contribution in [1.29, 1.82) is 5.41 Å². The number of azide groups is 1. The maximum absolute atomic E-state index is 9.08. The van der Waals surface area contributed by atoms with Gasteiger partial charge in [0.1, 0.15) is 6.04 Å². The first-order chi connectivity index (χ1) is 14.5. The van der Waals surface area contributed by atoms with Crippen LogP contribution in [0.1, 0.15) is 41.0 Å². The van der Waals surface area contributed by atoms with E-state index in [9.17, 15) is 0 Å². The van der Waals surface area contributed by atoms with Crippen LogP contribution >= 0.6 is 34.8 Å². The number of halogens is 3. The van der Waals surface area contributed by atoms with Crippen LogP contribution in [0.2, 0.25) is 0 Å². The summed E-state index contributed by atoms with van der Waals surface area (Å²) >= 11 is 17.2. The molecule has 1 N–H and O–H groups in total. The first-order valence-corrected chi connectivity index (χ1v) is 11.4. The van der Waals surface area contributed by atoms with Crippen molar-refractivity contribution in [3.8, 4) is 0 Å². The average molecular weight is 502 g/mol. The van der Waals surface area contributed by atoms with Gasteiger partial charge >= 0.3 is 0 Å². The molecule has 9 nitrogen and oxygen atoms in total. The van der Waals surface area contributed by atoms with Gasteiger partial charge in [-0.15, -0.1) is 0 Å². The molecule has 0 aromatic carbocycles. The number of nitrogens with one attached hydrogen (secondary N) is 1. The van der Waals surface area contributed by atoms with Crippen LogP contribution in [0.5, 0.6) is 0 Å². The van der Waals surface area contributed by atoms with E-state index < -0.39 is 40.5 Å². The molecule has 0 radical (unpaired) electrons. The zero-order chi connectivity index (χ0) is 23.5. The number of methoxy groups -OCH3 is 1. The van der Waals surface area contributed by atoms with Gasteiger partial charge in [-0.2, -0.15) is 0 Å². The zero-order valence-corrected chi connectivity index (χ0v) is 20.8.